The van der Waals surface area contributed by atoms with Crippen LogP contribution in [0.5, 0.6) is 0 Å². The fourth-order valence-corrected chi connectivity index (χ4v) is 4.49. The number of hydrogen-bond acceptors (Lipinski definition) is 9. The highest BCUT2D eigenvalue weighted by Gasteiger charge is 2.34. The summed E-state index contributed by atoms with van der Waals surface area (Å²) in [6.07, 6.45) is -1.45. The Balaban J connectivity index is 1.54. The SMILES string of the molecule is Cc1nc(Nc2ccc(Sc3ccncc3)c(C(F)(F)F)c2)nc(N2CCN(CCO)CC2)n1. The Labute approximate surface area is 199 Å². The van der Waals surface area contributed by atoms with Gasteiger partial charge in [-0.3, -0.25) is 9.88 Å². The number of aliphatic hydroxyl groups is 1. The number of β-amino-alcohol motifs (C(OH)–C–C–N with tert-alkyl or cyclic N) is 1. The third kappa shape index (κ3) is 6.13. The minimum Gasteiger partial charge on any atom is -0.395 e. The Morgan fingerprint density at radius 2 is 1.76 bits per heavy atom. The predicted molar refractivity (Wildman–Crippen MR) is 123 cm³/mol. The maximum Gasteiger partial charge on any atom is 0.417 e. The van der Waals surface area contributed by atoms with E-state index in [4.69, 9.17) is 5.11 Å². The molecule has 3 aromatic rings. The number of aryl methyl sites for hydroxylation is 1. The zero-order valence-corrected chi connectivity index (χ0v) is 19.3. The van der Waals surface area contributed by atoms with Crippen LogP contribution in [0.3, 0.4) is 0 Å². The maximum atomic E-state index is 13.8. The molecule has 180 valence electrons. The van der Waals surface area contributed by atoms with Gasteiger partial charge in [0.2, 0.25) is 11.9 Å². The zero-order chi connectivity index (χ0) is 24.1. The van der Waals surface area contributed by atoms with Gasteiger partial charge in [-0.25, -0.2) is 0 Å². The molecule has 34 heavy (non-hydrogen) atoms. The molecule has 0 bridgehead atoms. The molecule has 12 heteroatoms. The van der Waals surface area contributed by atoms with Gasteiger partial charge in [-0.1, -0.05) is 11.8 Å². The molecule has 2 N–H and O–H groups in total. The predicted octanol–water partition coefficient (Wildman–Crippen LogP) is 3.60. The first-order chi connectivity index (χ1) is 16.3. The van der Waals surface area contributed by atoms with E-state index in [1.54, 1.807) is 37.5 Å². The molecule has 4 rings (SSSR count). The number of benzene rings is 1. The number of hydrogen-bond donors (Lipinski definition) is 2. The highest BCUT2D eigenvalue weighted by molar-refractivity contribution is 7.99. The fraction of sp³-hybridized carbons (Fsp3) is 0.364. The smallest absolute Gasteiger partial charge is 0.395 e. The molecule has 0 unspecified atom stereocenters. The third-order valence-electron chi connectivity index (χ3n) is 5.23. The highest BCUT2D eigenvalue weighted by atomic mass is 32.2. The standard InChI is InChI=1S/C22H24F3N7OS/c1-15-27-20(30-21(28-15)32-10-8-31(9-11-32)12-13-33)29-16-2-3-19(18(14-16)22(23,24)25)34-17-4-6-26-7-5-17/h2-7,14,33H,8-13H2,1H3,(H,27,28,29,30). The molecule has 0 atom stereocenters. The molecule has 0 radical (unpaired) electrons. The van der Waals surface area contributed by atoms with Gasteiger partial charge in [0.15, 0.2) is 0 Å². The van der Waals surface area contributed by atoms with Crippen LogP contribution in [0.4, 0.5) is 30.8 Å². The first-order valence-corrected chi connectivity index (χ1v) is 11.5. The second kappa shape index (κ2) is 10.5. The van der Waals surface area contributed by atoms with Gasteiger partial charge in [0.05, 0.1) is 12.2 Å². The number of rotatable bonds is 7. The average Bonchev–Trinajstić information content (AvgIpc) is 2.80. The van der Waals surface area contributed by atoms with Gasteiger partial charge < -0.3 is 15.3 Å². The number of nitrogens with zero attached hydrogens (tertiary/aromatic N) is 6. The highest BCUT2D eigenvalue weighted by Crippen LogP contribution is 2.41. The summed E-state index contributed by atoms with van der Waals surface area (Å²) in [5, 5.41) is 12.0. The van der Waals surface area contributed by atoms with Crippen LogP contribution in [0.25, 0.3) is 0 Å². The van der Waals surface area contributed by atoms with Crippen molar-refractivity contribution in [1.29, 1.82) is 0 Å². The molecule has 0 saturated carbocycles. The van der Waals surface area contributed by atoms with E-state index >= 15 is 0 Å². The normalized spacial score (nSPS) is 14.9. The van der Waals surface area contributed by atoms with E-state index in [1.165, 1.54) is 6.07 Å². The van der Waals surface area contributed by atoms with Crippen molar-refractivity contribution in [2.75, 3.05) is 49.5 Å². The van der Waals surface area contributed by atoms with Crippen LogP contribution in [0, 0.1) is 6.92 Å². The number of aliphatic hydroxyl groups excluding tert-OH is 1. The average molecular weight is 492 g/mol. The molecule has 0 amide bonds. The monoisotopic (exact) mass is 491 g/mol. The third-order valence-corrected chi connectivity index (χ3v) is 6.31. The first-order valence-electron chi connectivity index (χ1n) is 10.7. The van der Waals surface area contributed by atoms with Crippen molar-refractivity contribution in [3.8, 4) is 0 Å². The molecular weight excluding hydrogens is 467 g/mol. The Morgan fingerprint density at radius 3 is 2.44 bits per heavy atom. The lowest BCUT2D eigenvalue weighted by Gasteiger charge is -2.34. The molecule has 1 aliphatic heterocycles. The molecular formula is C22H24F3N7OS. The van der Waals surface area contributed by atoms with E-state index in [0.717, 1.165) is 30.9 Å². The minimum absolute atomic E-state index is 0.0949. The van der Waals surface area contributed by atoms with Gasteiger partial charge in [0.1, 0.15) is 5.82 Å². The van der Waals surface area contributed by atoms with Gasteiger partial charge in [0.25, 0.3) is 0 Å². The van der Waals surface area contributed by atoms with E-state index in [9.17, 15) is 13.2 Å². The van der Waals surface area contributed by atoms with Crippen LogP contribution in [0.2, 0.25) is 0 Å². The lowest BCUT2D eigenvalue weighted by Crippen LogP contribution is -2.47. The van der Waals surface area contributed by atoms with Gasteiger partial charge >= 0.3 is 6.18 Å². The van der Waals surface area contributed by atoms with Crippen LogP contribution in [0.15, 0.2) is 52.5 Å². The number of nitrogens with one attached hydrogen (secondary N) is 1. The zero-order valence-electron chi connectivity index (χ0n) is 18.5. The molecule has 1 saturated heterocycles. The lowest BCUT2D eigenvalue weighted by atomic mass is 10.2. The molecule has 3 heterocycles. The molecule has 1 fully saturated rings. The Hall–Kier alpha value is -2.96. The van der Waals surface area contributed by atoms with Crippen molar-refractivity contribution in [1.82, 2.24) is 24.8 Å². The van der Waals surface area contributed by atoms with Crippen LogP contribution in [0.1, 0.15) is 11.4 Å². The largest absolute Gasteiger partial charge is 0.417 e. The van der Waals surface area contributed by atoms with E-state index in [2.05, 4.69) is 30.2 Å². The molecule has 2 aromatic heterocycles. The van der Waals surface area contributed by atoms with Crippen molar-refractivity contribution in [2.45, 2.75) is 22.9 Å². The maximum absolute atomic E-state index is 13.8. The van der Waals surface area contributed by atoms with E-state index in [1.807, 2.05) is 4.90 Å². The van der Waals surface area contributed by atoms with E-state index < -0.39 is 11.7 Å². The second-order valence-electron chi connectivity index (χ2n) is 7.68. The lowest BCUT2D eigenvalue weighted by molar-refractivity contribution is -0.139. The van der Waals surface area contributed by atoms with Crippen LogP contribution in [-0.2, 0) is 6.18 Å². The van der Waals surface area contributed by atoms with Crippen LogP contribution >= 0.6 is 11.8 Å². The molecule has 8 nitrogen and oxygen atoms in total. The number of alkyl halides is 3. The van der Waals surface area contributed by atoms with Crippen molar-refractivity contribution >= 4 is 29.3 Å². The Bertz CT molecular complexity index is 1110. The number of halogens is 3. The molecule has 0 aliphatic carbocycles. The Kier molecular flexibility index (Phi) is 7.49. The van der Waals surface area contributed by atoms with Gasteiger partial charge in [-0.2, -0.15) is 28.1 Å². The first kappa shape index (κ1) is 24.2. The molecule has 1 aromatic carbocycles. The quantitative estimate of drug-likeness (QED) is 0.514. The van der Waals surface area contributed by atoms with Crippen molar-refractivity contribution in [3.05, 3.63) is 54.1 Å². The van der Waals surface area contributed by atoms with Crippen molar-refractivity contribution in [2.24, 2.45) is 0 Å². The summed E-state index contributed by atoms with van der Waals surface area (Å²) in [5.74, 6) is 1.12. The summed E-state index contributed by atoms with van der Waals surface area (Å²) < 4.78 is 41.4. The topological polar surface area (TPSA) is 90.3 Å². The summed E-state index contributed by atoms with van der Waals surface area (Å²) in [6, 6.07) is 7.40. The molecule has 1 aliphatic rings. The number of anilines is 3. The minimum atomic E-state index is -4.53. The molecule has 0 spiro atoms. The van der Waals surface area contributed by atoms with Gasteiger partial charge in [-0.05, 0) is 37.3 Å². The van der Waals surface area contributed by atoms with E-state index in [0.29, 0.717) is 36.3 Å². The summed E-state index contributed by atoms with van der Waals surface area (Å²) >= 11 is 1.03. The summed E-state index contributed by atoms with van der Waals surface area (Å²) in [4.78, 5) is 21.9. The van der Waals surface area contributed by atoms with Gasteiger partial charge in [-0.15, -0.1) is 0 Å². The van der Waals surface area contributed by atoms with Gasteiger partial charge in [0, 0.05) is 60.6 Å². The Morgan fingerprint density at radius 1 is 1.03 bits per heavy atom. The van der Waals surface area contributed by atoms with Crippen LogP contribution in [-0.4, -0.2) is 69.3 Å². The van der Waals surface area contributed by atoms with Crippen molar-refractivity contribution in [3.63, 3.8) is 0 Å². The number of aromatic nitrogens is 4. The second-order valence-corrected chi connectivity index (χ2v) is 8.79. The number of pyridine rings is 1. The summed E-state index contributed by atoms with van der Waals surface area (Å²) in [6.45, 7) is 5.34. The van der Waals surface area contributed by atoms with Crippen molar-refractivity contribution < 1.29 is 18.3 Å². The number of piperazine rings is 1. The van der Waals surface area contributed by atoms with Crippen LogP contribution < -0.4 is 10.2 Å². The fourth-order valence-electron chi connectivity index (χ4n) is 3.56. The van der Waals surface area contributed by atoms with E-state index in [-0.39, 0.29) is 23.1 Å². The summed E-state index contributed by atoms with van der Waals surface area (Å²) in [7, 11) is 0. The summed E-state index contributed by atoms with van der Waals surface area (Å²) in [5.41, 5.74) is -0.513.